The molecule has 3 aliphatic heterocycles. The number of amidine groups is 1. The van der Waals surface area contributed by atoms with E-state index in [0.717, 1.165) is 23.3 Å². The van der Waals surface area contributed by atoms with Crippen LogP contribution in [0.5, 0.6) is 0 Å². The van der Waals surface area contributed by atoms with Gasteiger partial charge in [-0.25, -0.2) is 4.79 Å². The Morgan fingerprint density at radius 2 is 1.78 bits per heavy atom. The van der Waals surface area contributed by atoms with Gasteiger partial charge >= 0.3 is 6.03 Å². The van der Waals surface area contributed by atoms with Gasteiger partial charge in [-0.15, -0.1) is 0 Å². The fourth-order valence-electron chi connectivity index (χ4n) is 3.73. The molecule has 1 saturated heterocycles. The Labute approximate surface area is 163 Å². The molecule has 2 unspecified atom stereocenters. The summed E-state index contributed by atoms with van der Waals surface area (Å²) in [5.74, 6) is -0.130. The van der Waals surface area contributed by atoms with Gasteiger partial charge in [-0.3, -0.25) is 24.9 Å². The Balaban J connectivity index is 1.69. The first-order chi connectivity index (χ1) is 13.2. The van der Waals surface area contributed by atoms with Gasteiger partial charge in [0.2, 0.25) is 0 Å². The molecule has 1 N–H and O–H groups in total. The smallest absolute Gasteiger partial charge is 0.300 e. The van der Waals surface area contributed by atoms with Gasteiger partial charge in [0.05, 0.1) is 0 Å². The maximum absolute atomic E-state index is 13.0. The van der Waals surface area contributed by atoms with Crippen molar-refractivity contribution in [3.63, 3.8) is 0 Å². The molecule has 0 bridgehead atoms. The Bertz CT molecular complexity index is 810. The number of fused-ring (bicyclic) bond motifs is 3. The number of hydrazone groups is 1. The molecule has 142 valence electrons. The fourth-order valence-corrected chi connectivity index (χ4v) is 4.73. The minimum absolute atomic E-state index is 0.0340. The Hall–Kier alpha value is -2.48. The number of urea groups is 1. The zero-order valence-corrected chi connectivity index (χ0v) is 16.3. The van der Waals surface area contributed by atoms with E-state index in [4.69, 9.17) is 0 Å². The summed E-state index contributed by atoms with van der Waals surface area (Å²) in [7, 11) is 0. The van der Waals surface area contributed by atoms with E-state index in [1.54, 1.807) is 20.8 Å². The van der Waals surface area contributed by atoms with E-state index < -0.39 is 0 Å². The number of rotatable bonds is 5. The summed E-state index contributed by atoms with van der Waals surface area (Å²) < 4.78 is 0. The van der Waals surface area contributed by atoms with Gasteiger partial charge in [-0.05, 0) is 30.2 Å². The van der Waals surface area contributed by atoms with Crippen molar-refractivity contribution in [3.8, 4) is 0 Å². The number of amides is 3. The molecule has 2 atom stereocenters. The molecule has 1 aromatic carbocycles. The summed E-state index contributed by atoms with van der Waals surface area (Å²) in [6.45, 7) is 5.33. The molecule has 0 aromatic heterocycles. The summed E-state index contributed by atoms with van der Waals surface area (Å²) in [6, 6.07) is 9.77. The third-order valence-electron chi connectivity index (χ3n) is 4.87. The lowest BCUT2D eigenvalue weighted by Gasteiger charge is -2.41. The molecule has 27 heavy (non-hydrogen) atoms. The van der Waals surface area contributed by atoms with Crippen LogP contribution in [0.3, 0.4) is 0 Å². The van der Waals surface area contributed by atoms with E-state index in [-0.39, 0.29) is 24.3 Å². The molecule has 4 rings (SSSR count). The van der Waals surface area contributed by atoms with Crippen LogP contribution in [0.1, 0.15) is 32.3 Å². The van der Waals surface area contributed by atoms with Crippen LogP contribution in [0.25, 0.3) is 4.91 Å². The molecule has 0 spiro atoms. The van der Waals surface area contributed by atoms with Crippen molar-refractivity contribution in [2.45, 2.75) is 39.0 Å². The third kappa shape index (κ3) is 2.97. The van der Waals surface area contributed by atoms with Crippen LogP contribution in [0.15, 0.2) is 41.5 Å². The molecule has 3 amide bonds. The molecule has 0 saturated carbocycles. The standard InChI is InChI=1S/C19H23N5O2S/c1-3-10-22-16-17(23(11-4-2)19(22)26)24-15(25)12-14(27-18(24)21-20-16)13-8-6-5-7-9-13/h5-9,12,16-17,20H,3-4,10-11H2,1-2H3. The maximum Gasteiger partial charge on any atom is 0.323 e. The van der Waals surface area contributed by atoms with Gasteiger partial charge in [0.25, 0.3) is 5.91 Å². The van der Waals surface area contributed by atoms with Crippen LogP contribution in [0, 0.1) is 0 Å². The van der Waals surface area contributed by atoms with Crippen LogP contribution in [-0.2, 0) is 4.79 Å². The zero-order valence-electron chi connectivity index (χ0n) is 15.5. The van der Waals surface area contributed by atoms with Crippen molar-refractivity contribution >= 4 is 33.8 Å². The van der Waals surface area contributed by atoms with Crippen molar-refractivity contribution in [1.82, 2.24) is 20.1 Å². The van der Waals surface area contributed by atoms with Gasteiger partial charge in [0, 0.05) is 24.1 Å². The molecule has 7 nitrogen and oxygen atoms in total. The number of carbonyl (C=O) groups excluding carboxylic acids is 2. The lowest BCUT2D eigenvalue weighted by Crippen LogP contribution is -2.62. The van der Waals surface area contributed by atoms with E-state index in [2.05, 4.69) is 10.5 Å². The van der Waals surface area contributed by atoms with Crippen molar-refractivity contribution in [1.29, 1.82) is 0 Å². The number of hydrogen-bond donors (Lipinski definition) is 1. The maximum atomic E-state index is 13.0. The minimum Gasteiger partial charge on any atom is -0.300 e. The van der Waals surface area contributed by atoms with Crippen LogP contribution in [0.2, 0.25) is 0 Å². The summed E-state index contributed by atoms with van der Waals surface area (Å²) in [5, 5.41) is 5.05. The van der Waals surface area contributed by atoms with Gasteiger partial charge in [0.15, 0.2) is 17.5 Å². The molecule has 3 aliphatic rings. The molecule has 0 aliphatic carbocycles. The highest BCUT2D eigenvalue weighted by Gasteiger charge is 2.53. The lowest BCUT2D eigenvalue weighted by atomic mass is 10.2. The van der Waals surface area contributed by atoms with Gasteiger partial charge in [0.1, 0.15) is 0 Å². The minimum atomic E-state index is -0.370. The highest BCUT2D eigenvalue weighted by Crippen LogP contribution is 2.38. The highest BCUT2D eigenvalue weighted by molar-refractivity contribution is 8.21. The first kappa shape index (κ1) is 17.9. The lowest BCUT2D eigenvalue weighted by molar-refractivity contribution is -0.126. The highest BCUT2D eigenvalue weighted by atomic mass is 32.2. The van der Waals surface area contributed by atoms with Crippen LogP contribution < -0.4 is 5.43 Å². The van der Waals surface area contributed by atoms with Crippen LogP contribution >= 0.6 is 11.8 Å². The van der Waals surface area contributed by atoms with Gasteiger partial charge in [-0.2, -0.15) is 5.10 Å². The second-order valence-corrected chi connectivity index (χ2v) is 7.75. The first-order valence-electron chi connectivity index (χ1n) is 9.34. The molecule has 0 radical (unpaired) electrons. The number of benzene rings is 1. The van der Waals surface area contributed by atoms with E-state index in [1.165, 1.54) is 11.8 Å². The van der Waals surface area contributed by atoms with Crippen molar-refractivity contribution in [3.05, 3.63) is 42.0 Å². The topological polar surface area (TPSA) is 68.2 Å². The Morgan fingerprint density at radius 3 is 2.48 bits per heavy atom. The fraction of sp³-hybridized carbons (Fsp3) is 0.421. The summed E-state index contributed by atoms with van der Waals surface area (Å²) in [5.41, 5.74) is 4.12. The summed E-state index contributed by atoms with van der Waals surface area (Å²) in [4.78, 5) is 32.1. The average Bonchev–Trinajstić information content (AvgIpc) is 2.95. The number of nitrogens with one attached hydrogen (secondary N) is 1. The molecular formula is C19H23N5O2S. The SMILES string of the molecule is CCCN1C(=O)N(CCC)C2C1NN=C1SC(c3ccccc3)=CC(=O)N12. The number of nitrogens with zero attached hydrogens (tertiary/aromatic N) is 4. The molecular weight excluding hydrogens is 362 g/mol. The van der Waals surface area contributed by atoms with Gasteiger partial charge in [-0.1, -0.05) is 44.2 Å². The normalized spacial score (nSPS) is 24.3. The van der Waals surface area contributed by atoms with Crippen LogP contribution in [-0.4, -0.2) is 57.2 Å². The van der Waals surface area contributed by atoms with E-state index >= 15 is 0 Å². The molecule has 3 heterocycles. The van der Waals surface area contributed by atoms with Crippen molar-refractivity contribution in [2.24, 2.45) is 5.10 Å². The second kappa shape index (κ2) is 7.26. The van der Waals surface area contributed by atoms with E-state index in [0.29, 0.717) is 18.3 Å². The summed E-state index contributed by atoms with van der Waals surface area (Å²) in [6.07, 6.45) is 2.66. The number of hydrogen-bond acceptors (Lipinski definition) is 5. The first-order valence-corrected chi connectivity index (χ1v) is 10.2. The predicted octanol–water partition coefficient (Wildman–Crippen LogP) is 2.69. The molecule has 8 heteroatoms. The van der Waals surface area contributed by atoms with E-state index in [1.807, 2.05) is 44.2 Å². The number of thioether (sulfide) groups is 1. The predicted molar refractivity (Wildman–Crippen MR) is 106 cm³/mol. The second-order valence-electron chi connectivity index (χ2n) is 6.74. The Morgan fingerprint density at radius 1 is 1.07 bits per heavy atom. The molecule has 1 fully saturated rings. The largest absolute Gasteiger partial charge is 0.323 e. The van der Waals surface area contributed by atoms with Gasteiger partial charge < -0.3 is 0 Å². The number of carbonyl (C=O) groups is 2. The average molecular weight is 385 g/mol. The molecule has 1 aromatic rings. The van der Waals surface area contributed by atoms with Crippen molar-refractivity contribution in [2.75, 3.05) is 13.1 Å². The Kier molecular flexibility index (Phi) is 4.82. The van der Waals surface area contributed by atoms with Crippen molar-refractivity contribution < 1.29 is 9.59 Å². The van der Waals surface area contributed by atoms with Crippen LogP contribution in [0.4, 0.5) is 4.79 Å². The monoisotopic (exact) mass is 385 g/mol. The summed E-state index contributed by atoms with van der Waals surface area (Å²) >= 11 is 1.45. The zero-order chi connectivity index (χ0) is 19.0. The third-order valence-corrected chi connectivity index (χ3v) is 5.92. The quantitative estimate of drug-likeness (QED) is 0.846. The van der Waals surface area contributed by atoms with E-state index in [9.17, 15) is 9.59 Å².